The number of Topliss-reactive ketones (excluding diaryl/α,β-unsaturated/α-hetero) is 1. The summed E-state index contributed by atoms with van der Waals surface area (Å²) in [5.74, 6) is -1.30. The van der Waals surface area contributed by atoms with Crippen LogP contribution in [0.1, 0.15) is 47.0 Å². The first-order chi connectivity index (χ1) is 11.1. The summed E-state index contributed by atoms with van der Waals surface area (Å²) in [6.45, 7) is 11.1. The fourth-order valence-electron chi connectivity index (χ4n) is 3.80. The van der Waals surface area contributed by atoms with Crippen LogP contribution < -0.4 is 0 Å². The molecule has 0 amide bonds. The van der Waals surface area contributed by atoms with E-state index >= 15 is 0 Å². The fraction of sp³-hybridized carbons (Fsp3) is 0.550. The van der Waals surface area contributed by atoms with Gasteiger partial charge in [-0.3, -0.25) is 4.79 Å². The van der Waals surface area contributed by atoms with E-state index in [1.807, 2.05) is 26.8 Å². The lowest BCUT2D eigenvalue weighted by Crippen LogP contribution is -2.51. The molecular formula is C20H28O4. The first-order valence-corrected chi connectivity index (χ1v) is 8.53. The van der Waals surface area contributed by atoms with Crippen LogP contribution in [-0.4, -0.2) is 26.7 Å². The molecule has 0 bridgehead atoms. The summed E-state index contributed by atoms with van der Waals surface area (Å²) in [5.41, 5.74) is 0.525. The highest BCUT2D eigenvalue weighted by atomic mass is 16.4. The number of aliphatic hydroxyl groups is 3. The van der Waals surface area contributed by atoms with Crippen LogP contribution in [0.5, 0.6) is 0 Å². The highest BCUT2D eigenvalue weighted by Crippen LogP contribution is 2.49. The van der Waals surface area contributed by atoms with Crippen LogP contribution >= 0.6 is 0 Å². The molecule has 0 spiro atoms. The third kappa shape index (κ3) is 2.95. The van der Waals surface area contributed by atoms with E-state index in [-0.39, 0.29) is 35.6 Å². The predicted molar refractivity (Wildman–Crippen MR) is 94.6 cm³/mol. The Labute approximate surface area is 143 Å². The Morgan fingerprint density at radius 2 is 2.04 bits per heavy atom. The van der Waals surface area contributed by atoms with Gasteiger partial charge >= 0.3 is 0 Å². The molecule has 0 radical (unpaired) electrons. The van der Waals surface area contributed by atoms with E-state index in [1.54, 1.807) is 6.92 Å². The molecule has 2 aliphatic carbocycles. The van der Waals surface area contributed by atoms with Crippen LogP contribution in [0.3, 0.4) is 0 Å². The van der Waals surface area contributed by atoms with E-state index in [4.69, 9.17) is 0 Å². The number of allylic oxidation sites excluding steroid dienone is 3. The average Bonchev–Trinajstić information content (AvgIpc) is 2.50. The van der Waals surface area contributed by atoms with Crippen LogP contribution in [0.15, 0.2) is 47.0 Å². The van der Waals surface area contributed by atoms with Crippen LogP contribution in [0.4, 0.5) is 0 Å². The minimum Gasteiger partial charge on any atom is -0.506 e. The molecule has 2 rings (SSSR count). The maximum atomic E-state index is 11.9. The Kier molecular flexibility index (Phi) is 5.09. The summed E-state index contributed by atoms with van der Waals surface area (Å²) in [5, 5.41) is 32.3. The van der Waals surface area contributed by atoms with Gasteiger partial charge in [-0.2, -0.15) is 0 Å². The predicted octanol–water partition coefficient (Wildman–Crippen LogP) is 4.15. The Bertz CT molecular complexity index is 651. The topological polar surface area (TPSA) is 77.8 Å². The van der Waals surface area contributed by atoms with E-state index in [0.717, 1.165) is 5.57 Å². The van der Waals surface area contributed by atoms with Gasteiger partial charge in [-0.25, -0.2) is 0 Å². The number of aliphatic hydroxyl groups excluding tert-OH is 2. The molecule has 0 heterocycles. The molecule has 132 valence electrons. The average molecular weight is 332 g/mol. The van der Waals surface area contributed by atoms with E-state index in [9.17, 15) is 20.1 Å². The molecule has 0 aromatic rings. The summed E-state index contributed by atoms with van der Waals surface area (Å²) in [4.78, 5) is 11.9. The molecule has 0 aliphatic heterocycles. The third-order valence-corrected chi connectivity index (χ3v) is 5.36. The molecule has 0 saturated carbocycles. The molecule has 3 unspecified atom stereocenters. The number of hydrogen-bond donors (Lipinski definition) is 3. The lowest BCUT2D eigenvalue weighted by atomic mass is 9.62. The third-order valence-electron chi connectivity index (χ3n) is 5.36. The van der Waals surface area contributed by atoms with Gasteiger partial charge in [-0.15, -0.1) is 0 Å². The first-order valence-electron chi connectivity index (χ1n) is 8.53. The van der Waals surface area contributed by atoms with Gasteiger partial charge in [0.05, 0.1) is 0 Å². The van der Waals surface area contributed by atoms with Gasteiger partial charge in [0.25, 0.3) is 0 Å². The SMILES string of the molecule is C=C(C)C(=O)CCC1C(C)=CCC2C=C(C(C)C)C(O)=C(O)C21O. The number of carbonyl (C=O) groups is 1. The van der Waals surface area contributed by atoms with Crippen molar-refractivity contribution in [3.63, 3.8) is 0 Å². The number of rotatable bonds is 5. The smallest absolute Gasteiger partial charge is 0.167 e. The van der Waals surface area contributed by atoms with Crippen LogP contribution in [-0.2, 0) is 4.79 Å². The molecule has 2 aliphatic rings. The second-order valence-electron chi connectivity index (χ2n) is 7.38. The van der Waals surface area contributed by atoms with Crippen molar-refractivity contribution in [3.8, 4) is 0 Å². The Balaban J connectivity index is 2.40. The van der Waals surface area contributed by atoms with Crippen LogP contribution in [0, 0.1) is 17.8 Å². The second-order valence-corrected chi connectivity index (χ2v) is 7.38. The summed E-state index contributed by atoms with van der Waals surface area (Å²) in [6.07, 6.45) is 5.19. The molecule has 3 N–H and O–H groups in total. The zero-order valence-corrected chi connectivity index (χ0v) is 15.0. The van der Waals surface area contributed by atoms with Crippen molar-refractivity contribution in [3.05, 3.63) is 47.0 Å². The van der Waals surface area contributed by atoms with Gasteiger partial charge in [0, 0.05) is 18.3 Å². The molecule has 0 saturated heterocycles. The maximum absolute atomic E-state index is 11.9. The fourth-order valence-corrected chi connectivity index (χ4v) is 3.80. The van der Waals surface area contributed by atoms with E-state index in [2.05, 4.69) is 12.7 Å². The summed E-state index contributed by atoms with van der Waals surface area (Å²) < 4.78 is 0. The number of ketones is 1. The second kappa shape index (κ2) is 6.60. The highest BCUT2D eigenvalue weighted by Gasteiger charge is 2.52. The Morgan fingerprint density at radius 3 is 2.58 bits per heavy atom. The van der Waals surface area contributed by atoms with E-state index in [0.29, 0.717) is 24.0 Å². The lowest BCUT2D eigenvalue weighted by Gasteiger charge is -2.46. The standard InChI is InChI=1S/C20H28O4/c1-11(2)15-10-14-7-6-13(5)16(8-9-17(21)12(3)4)20(14,24)19(23)18(15)22/h6,10-11,14,16,22-24H,3,7-9H2,1-2,4-5H3. The molecule has 0 aromatic heterocycles. The van der Waals surface area contributed by atoms with Crippen molar-refractivity contribution in [1.29, 1.82) is 0 Å². The zero-order chi connectivity index (χ0) is 18.2. The van der Waals surface area contributed by atoms with Crippen molar-refractivity contribution in [2.24, 2.45) is 17.8 Å². The van der Waals surface area contributed by atoms with Crippen molar-refractivity contribution in [2.45, 2.75) is 52.6 Å². The number of hydrogen-bond acceptors (Lipinski definition) is 4. The van der Waals surface area contributed by atoms with E-state index < -0.39 is 11.5 Å². The largest absolute Gasteiger partial charge is 0.506 e. The number of fused-ring (bicyclic) bond motifs is 1. The molecule has 0 fully saturated rings. The van der Waals surface area contributed by atoms with Crippen molar-refractivity contribution in [2.75, 3.05) is 0 Å². The van der Waals surface area contributed by atoms with Crippen molar-refractivity contribution in [1.82, 2.24) is 0 Å². The maximum Gasteiger partial charge on any atom is 0.167 e. The number of carbonyl (C=O) groups excluding carboxylic acids is 1. The zero-order valence-electron chi connectivity index (χ0n) is 15.0. The van der Waals surface area contributed by atoms with Gasteiger partial charge in [0.2, 0.25) is 0 Å². The monoisotopic (exact) mass is 332 g/mol. The molecule has 24 heavy (non-hydrogen) atoms. The molecule has 0 aromatic carbocycles. The van der Waals surface area contributed by atoms with Crippen LogP contribution in [0.25, 0.3) is 0 Å². The van der Waals surface area contributed by atoms with Crippen molar-refractivity contribution >= 4 is 5.78 Å². The molecule has 4 heteroatoms. The Hall–Kier alpha value is -1.81. The molecule has 4 nitrogen and oxygen atoms in total. The van der Waals surface area contributed by atoms with Gasteiger partial charge < -0.3 is 15.3 Å². The molecular weight excluding hydrogens is 304 g/mol. The van der Waals surface area contributed by atoms with Gasteiger partial charge in [0.1, 0.15) is 5.60 Å². The van der Waals surface area contributed by atoms with Gasteiger partial charge in [-0.1, -0.05) is 38.2 Å². The van der Waals surface area contributed by atoms with Crippen molar-refractivity contribution < 1.29 is 20.1 Å². The lowest BCUT2D eigenvalue weighted by molar-refractivity contribution is -0.116. The van der Waals surface area contributed by atoms with E-state index in [1.165, 1.54) is 0 Å². The molecule has 3 atom stereocenters. The first kappa shape index (κ1) is 18.5. The minimum atomic E-state index is -1.56. The normalized spacial score (nSPS) is 29.9. The van der Waals surface area contributed by atoms with Gasteiger partial charge in [0.15, 0.2) is 17.3 Å². The Morgan fingerprint density at radius 1 is 1.42 bits per heavy atom. The summed E-state index contributed by atoms with van der Waals surface area (Å²) in [6, 6.07) is 0. The summed E-state index contributed by atoms with van der Waals surface area (Å²) >= 11 is 0. The minimum absolute atomic E-state index is 0.0459. The summed E-state index contributed by atoms with van der Waals surface area (Å²) in [7, 11) is 0. The van der Waals surface area contributed by atoms with Crippen LogP contribution in [0.2, 0.25) is 0 Å². The quantitative estimate of drug-likeness (QED) is 0.522. The van der Waals surface area contributed by atoms with Gasteiger partial charge in [-0.05, 0) is 43.8 Å². The highest BCUT2D eigenvalue weighted by molar-refractivity contribution is 5.94.